The van der Waals surface area contributed by atoms with E-state index in [1.54, 1.807) is 0 Å². The number of rotatable bonds is 2. The van der Waals surface area contributed by atoms with Crippen molar-refractivity contribution in [1.29, 1.82) is 0 Å². The van der Waals surface area contributed by atoms with Crippen LogP contribution in [-0.2, 0) is 0 Å². The Morgan fingerprint density at radius 2 is 2.06 bits per heavy atom. The minimum absolute atomic E-state index is 0.148. The van der Waals surface area contributed by atoms with Crippen molar-refractivity contribution in [2.75, 3.05) is 5.75 Å². The maximum atomic E-state index is 4.83. The first-order valence-electron chi connectivity index (χ1n) is 6.82. The third-order valence-electron chi connectivity index (χ3n) is 4.07. The highest BCUT2D eigenvalue weighted by molar-refractivity contribution is 8.14. The maximum absolute atomic E-state index is 4.83. The smallest absolute Gasteiger partial charge is 0.171 e. The van der Waals surface area contributed by atoms with Crippen LogP contribution < -0.4 is 5.43 Å². The Morgan fingerprint density at radius 3 is 2.59 bits per heavy atom. The van der Waals surface area contributed by atoms with Crippen molar-refractivity contribution in [3.05, 3.63) is 0 Å². The summed E-state index contributed by atoms with van der Waals surface area (Å²) in [5.41, 5.74) is 3.70. The summed E-state index contributed by atoms with van der Waals surface area (Å²) >= 11 is 1.87. The SMILES string of the molecule is CCC1(C)CSC(NN2C(C)CCCC2C)=N1. The average Bonchev–Trinajstić information content (AvgIpc) is 2.67. The second kappa shape index (κ2) is 5.19. The van der Waals surface area contributed by atoms with E-state index < -0.39 is 0 Å². The minimum Gasteiger partial charge on any atom is -0.297 e. The van der Waals surface area contributed by atoms with Gasteiger partial charge in [0.2, 0.25) is 0 Å². The minimum atomic E-state index is 0.148. The molecule has 1 saturated heterocycles. The highest BCUT2D eigenvalue weighted by Gasteiger charge is 2.32. The Bertz CT molecular complexity index is 295. The van der Waals surface area contributed by atoms with Crippen LogP contribution in [0.3, 0.4) is 0 Å². The lowest BCUT2D eigenvalue weighted by Crippen LogP contribution is -2.53. The van der Waals surface area contributed by atoms with Crippen molar-refractivity contribution >= 4 is 16.9 Å². The number of nitrogens with one attached hydrogen (secondary N) is 1. The summed E-state index contributed by atoms with van der Waals surface area (Å²) in [5, 5.41) is 3.52. The Morgan fingerprint density at radius 1 is 1.41 bits per heavy atom. The molecular formula is C13H25N3S. The zero-order valence-corrected chi connectivity index (χ0v) is 12.3. The highest BCUT2D eigenvalue weighted by atomic mass is 32.2. The van der Waals surface area contributed by atoms with E-state index in [1.165, 1.54) is 19.3 Å². The van der Waals surface area contributed by atoms with E-state index in [-0.39, 0.29) is 5.54 Å². The fourth-order valence-electron chi connectivity index (χ4n) is 2.52. The van der Waals surface area contributed by atoms with Crippen molar-refractivity contribution < 1.29 is 0 Å². The van der Waals surface area contributed by atoms with Gasteiger partial charge in [-0.2, -0.15) is 0 Å². The molecule has 4 heteroatoms. The first-order chi connectivity index (χ1) is 8.04. The van der Waals surface area contributed by atoms with Crippen LogP contribution in [0.2, 0.25) is 0 Å². The molecule has 17 heavy (non-hydrogen) atoms. The number of nitrogens with zero attached hydrogens (tertiary/aromatic N) is 2. The predicted octanol–water partition coefficient (Wildman–Crippen LogP) is 3.03. The molecular weight excluding hydrogens is 230 g/mol. The second-order valence-corrected chi connectivity index (χ2v) is 6.67. The van der Waals surface area contributed by atoms with Crippen LogP contribution in [0.4, 0.5) is 0 Å². The van der Waals surface area contributed by atoms with Crippen molar-refractivity contribution in [1.82, 2.24) is 10.4 Å². The van der Waals surface area contributed by atoms with Crippen molar-refractivity contribution in [2.24, 2.45) is 4.99 Å². The van der Waals surface area contributed by atoms with Gasteiger partial charge in [0.05, 0.1) is 5.54 Å². The van der Waals surface area contributed by atoms with Gasteiger partial charge in [0.15, 0.2) is 5.17 Å². The average molecular weight is 255 g/mol. The number of amidine groups is 1. The van der Waals surface area contributed by atoms with Gasteiger partial charge in [-0.05, 0) is 40.0 Å². The molecule has 0 aliphatic carbocycles. The zero-order chi connectivity index (χ0) is 12.5. The Hall–Kier alpha value is -0.220. The first-order valence-corrected chi connectivity index (χ1v) is 7.80. The van der Waals surface area contributed by atoms with Gasteiger partial charge < -0.3 is 0 Å². The van der Waals surface area contributed by atoms with Crippen LogP contribution in [0.15, 0.2) is 4.99 Å². The van der Waals surface area contributed by atoms with E-state index >= 15 is 0 Å². The van der Waals surface area contributed by atoms with E-state index in [0.29, 0.717) is 12.1 Å². The van der Waals surface area contributed by atoms with Gasteiger partial charge in [-0.15, -0.1) is 0 Å². The van der Waals surface area contributed by atoms with Gasteiger partial charge in [-0.25, -0.2) is 5.01 Å². The molecule has 0 saturated carbocycles. The fourth-order valence-corrected chi connectivity index (χ4v) is 3.70. The second-order valence-electron chi connectivity index (χ2n) is 5.70. The molecule has 0 bridgehead atoms. The van der Waals surface area contributed by atoms with Crippen LogP contribution in [0.5, 0.6) is 0 Å². The van der Waals surface area contributed by atoms with E-state index in [0.717, 1.165) is 17.3 Å². The topological polar surface area (TPSA) is 27.6 Å². The van der Waals surface area contributed by atoms with E-state index in [1.807, 2.05) is 11.8 Å². The quantitative estimate of drug-likeness (QED) is 0.822. The normalized spacial score (nSPS) is 39.2. The Kier molecular flexibility index (Phi) is 4.03. The molecule has 2 aliphatic rings. The molecule has 0 radical (unpaired) electrons. The molecule has 0 aromatic heterocycles. The molecule has 2 heterocycles. The van der Waals surface area contributed by atoms with Crippen LogP contribution in [0.1, 0.15) is 53.4 Å². The standard InChI is InChI=1S/C13H25N3S/c1-5-13(4)9-17-12(14-13)15-16-10(2)7-6-8-11(16)3/h10-11H,5-9H2,1-4H3,(H,14,15). The van der Waals surface area contributed by atoms with Crippen molar-refractivity contribution in [3.63, 3.8) is 0 Å². The zero-order valence-electron chi connectivity index (χ0n) is 11.5. The molecule has 3 nitrogen and oxygen atoms in total. The van der Waals surface area contributed by atoms with Crippen molar-refractivity contribution in [3.8, 4) is 0 Å². The number of piperidine rings is 1. The lowest BCUT2D eigenvalue weighted by Gasteiger charge is -2.39. The van der Waals surface area contributed by atoms with Crippen LogP contribution in [0, 0.1) is 0 Å². The highest BCUT2D eigenvalue weighted by Crippen LogP contribution is 2.30. The lowest BCUT2D eigenvalue weighted by atomic mass is 10.00. The van der Waals surface area contributed by atoms with Crippen LogP contribution >= 0.6 is 11.8 Å². The summed E-state index contributed by atoms with van der Waals surface area (Å²) in [5.74, 6) is 1.11. The monoisotopic (exact) mass is 255 g/mol. The van der Waals surface area contributed by atoms with Gasteiger partial charge in [-0.1, -0.05) is 25.1 Å². The molecule has 0 spiro atoms. The van der Waals surface area contributed by atoms with E-state index in [2.05, 4.69) is 38.1 Å². The first kappa shape index (κ1) is 13.2. The Labute approximate surface area is 109 Å². The molecule has 2 rings (SSSR count). The molecule has 0 aromatic rings. The van der Waals surface area contributed by atoms with Crippen LogP contribution in [0.25, 0.3) is 0 Å². The summed E-state index contributed by atoms with van der Waals surface area (Å²) in [4.78, 5) is 4.83. The number of thioether (sulfide) groups is 1. The molecule has 0 aromatic carbocycles. The molecule has 2 aliphatic heterocycles. The van der Waals surface area contributed by atoms with Gasteiger partial charge >= 0.3 is 0 Å². The summed E-state index contributed by atoms with van der Waals surface area (Å²) in [7, 11) is 0. The molecule has 98 valence electrons. The van der Waals surface area contributed by atoms with Crippen LogP contribution in [-0.4, -0.2) is 33.6 Å². The number of hydrazine groups is 1. The number of aliphatic imine (C=N–C) groups is 1. The number of hydrogen-bond donors (Lipinski definition) is 1. The summed E-state index contributed by atoms with van der Waals surface area (Å²) in [6, 6.07) is 1.24. The van der Waals surface area contributed by atoms with Gasteiger partial charge in [0, 0.05) is 17.8 Å². The lowest BCUT2D eigenvalue weighted by molar-refractivity contribution is 0.0751. The van der Waals surface area contributed by atoms with Gasteiger partial charge in [-0.3, -0.25) is 10.4 Å². The third-order valence-corrected chi connectivity index (χ3v) is 5.29. The molecule has 1 fully saturated rings. The Balaban J connectivity index is 1.99. The summed E-state index contributed by atoms with van der Waals surface area (Å²) in [6.07, 6.45) is 5.06. The molecule has 3 unspecified atom stereocenters. The molecule has 1 N–H and O–H groups in total. The van der Waals surface area contributed by atoms with Crippen molar-refractivity contribution in [2.45, 2.75) is 71.0 Å². The number of hydrogen-bond acceptors (Lipinski definition) is 4. The molecule has 3 atom stereocenters. The fraction of sp³-hybridized carbons (Fsp3) is 0.923. The van der Waals surface area contributed by atoms with E-state index in [9.17, 15) is 0 Å². The molecule has 0 amide bonds. The van der Waals surface area contributed by atoms with Gasteiger partial charge in [0.1, 0.15) is 0 Å². The maximum Gasteiger partial charge on any atom is 0.171 e. The third kappa shape index (κ3) is 2.97. The van der Waals surface area contributed by atoms with Gasteiger partial charge in [0.25, 0.3) is 0 Å². The predicted molar refractivity (Wildman–Crippen MR) is 76.3 cm³/mol. The summed E-state index contributed by atoms with van der Waals surface area (Å²) < 4.78 is 0. The summed E-state index contributed by atoms with van der Waals surface area (Å²) in [6.45, 7) is 9.08. The largest absolute Gasteiger partial charge is 0.297 e. The van der Waals surface area contributed by atoms with E-state index in [4.69, 9.17) is 4.99 Å².